The monoisotopic (exact) mass is 134 g/mol. The number of rotatable bonds is 0. The van der Waals surface area contributed by atoms with Crippen molar-refractivity contribution in [2.45, 2.75) is 6.92 Å². The van der Waals surface area contributed by atoms with Crippen LogP contribution in [0.25, 0.3) is 11.1 Å². The van der Waals surface area contributed by atoms with Crippen molar-refractivity contribution in [1.82, 2.24) is 9.97 Å². The Labute approximate surface area is 57.7 Å². The van der Waals surface area contributed by atoms with Crippen molar-refractivity contribution in [1.29, 1.82) is 0 Å². The van der Waals surface area contributed by atoms with E-state index in [4.69, 9.17) is 4.42 Å². The van der Waals surface area contributed by atoms with Crippen LogP contribution in [0.15, 0.2) is 23.1 Å². The first kappa shape index (κ1) is 5.41. The summed E-state index contributed by atoms with van der Waals surface area (Å²) in [4.78, 5) is 8.05. The SMILES string of the molecule is Cc1nccc2ocnc12. The van der Waals surface area contributed by atoms with Crippen LogP contribution in [0.4, 0.5) is 0 Å². The first-order valence-corrected chi connectivity index (χ1v) is 3.03. The van der Waals surface area contributed by atoms with Crippen LogP contribution in [0, 0.1) is 6.92 Å². The number of fused-ring (bicyclic) bond motifs is 1. The van der Waals surface area contributed by atoms with Crippen LogP contribution in [-0.2, 0) is 0 Å². The minimum absolute atomic E-state index is 0.799. The lowest BCUT2D eigenvalue weighted by atomic mass is 10.3. The van der Waals surface area contributed by atoms with Crippen LogP contribution < -0.4 is 0 Å². The summed E-state index contributed by atoms with van der Waals surface area (Å²) in [6.07, 6.45) is 3.14. The van der Waals surface area contributed by atoms with E-state index >= 15 is 0 Å². The zero-order valence-electron chi connectivity index (χ0n) is 5.53. The van der Waals surface area contributed by atoms with Gasteiger partial charge in [-0.3, -0.25) is 4.98 Å². The van der Waals surface area contributed by atoms with Crippen molar-refractivity contribution in [2.75, 3.05) is 0 Å². The van der Waals surface area contributed by atoms with E-state index < -0.39 is 0 Å². The number of nitrogens with zero attached hydrogens (tertiary/aromatic N) is 2. The molecule has 0 aliphatic carbocycles. The van der Waals surface area contributed by atoms with Crippen molar-refractivity contribution in [3.8, 4) is 0 Å². The van der Waals surface area contributed by atoms with E-state index in [0.29, 0.717) is 0 Å². The highest BCUT2D eigenvalue weighted by molar-refractivity contribution is 5.73. The maximum absolute atomic E-state index is 5.05. The van der Waals surface area contributed by atoms with Gasteiger partial charge in [-0.2, -0.15) is 0 Å². The highest BCUT2D eigenvalue weighted by atomic mass is 16.3. The molecule has 0 bridgehead atoms. The fraction of sp³-hybridized carbons (Fsp3) is 0.143. The fourth-order valence-corrected chi connectivity index (χ4v) is 0.923. The highest BCUT2D eigenvalue weighted by Crippen LogP contribution is 2.12. The number of hydrogen-bond acceptors (Lipinski definition) is 3. The summed E-state index contributed by atoms with van der Waals surface area (Å²) in [5.41, 5.74) is 2.56. The van der Waals surface area contributed by atoms with Crippen molar-refractivity contribution >= 4 is 11.1 Å². The first-order valence-electron chi connectivity index (χ1n) is 3.03. The normalized spacial score (nSPS) is 10.5. The molecule has 2 aromatic heterocycles. The summed E-state index contributed by atoms with van der Waals surface area (Å²) in [7, 11) is 0. The molecular weight excluding hydrogens is 128 g/mol. The summed E-state index contributed by atoms with van der Waals surface area (Å²) in [5, 5.41) is 0. The number of hydrogen-bond donors (Lipinski definition) is 0. The van der Waals surface area contributed by atoms with Gasteiger partial charge >= 0.3 is 0 Å². The van der Waals surface area contributed by atoms with Gasteiger partial charge in [0.15, 0.2) is 12.0 Å². The van der Waals surface area contributed by atoms with Crippen LogP contribution in [0.5, 0.6) is 0 Å². The lowest BCUT2D eigenvalue weighted by molar-refractivity contribution is 0.602. The molecule has 0 spiro atoms. The van der Waals surface area contributed by atoms with E-state index in [2.05, 4.69) is 9.97 Å². The molecule has 2 aromatic rings. The van der Waals surface area contributed by atoms with Gasteiger partial charge in [-0.15, -0.1) is 0 Å². The van der Waals surface area contributed by atoms with E-state index in [9.17, 15) is 0 Å². The number of aromatic nitrogens is 2. The van der Waals surface area contributed by atoms with Crippen molar-refractivity contribution in [3.63, 3.8) is 0 Å². The van der Waals surface area contributed by atoms with Crippen molar-refractivity contribution in [3.05, 3.63) is 24.4 Å². The topological polar surface area (TPSA) is 38.9 Å². The maximum Gasteiger partial charge on any atom is 0.182 e. The highest BCUT2D eigenvalue weighted by Gasteiger charge is 1.99. The van der Waals surface area contributed by atoms with E-state index in [0.717, 1.165) is 16.8 Å². The Morgan fingerprint density at radius 2 is 2.30 bits per heavy atom. The Kier molecular flexibility index (Phi) is 0.974. The molecule has 0 aliphatic heterocycles. The molecule has 50 valence electrons. The summed E-state index contributed by atoms with van der Waals surface area (Å²) >= 11 is 0. The number of pyridine rings is 1. The number of oxazole rings is 1. The van der Waals surface area contributed by atoms with Gasteiger partial charge in [-0.1, -0.05) is 0 Å². The first-order chi connectivity index (χ1) is 4.88. The van der Waals surface area contributed by atoms with Gasteiger partial charge in [0.05, 0.1) is 5.69 Å². The number of aryl methyl sites for hydroxylation is 1. The second-order valence-electron chi connectivity index (χ2n) is 2.10. The molecule has 2 heterocycles. The Balaban J connectivity index is 2.95. The molecule has 0 unspecified atom stereocenters. The Morgan fingerprint density at radius 3 is 3.10 bits per heavy atom. The third-order valence-corrected chi connectivity index (χ3v) is 1.43. The minimum atomic E-state index is 0.799. The molecule has 0 saturated heterocycles. The van der Waals surface area contributed by atoms with Crippen molar-refractivity contribution in [2.24, 2.45) is 0 Å². The van der Waals surface area contributed by atoms with E-state index in [1.165, 1.54) is 6.39 Å². The molecule has 0 fully saturated rings. The maximum atomic E-state index is 5.05. The van der Waals surface area contributed by atoms with Gasteiger partial charge in [-0.25, -0.2) is 4.98 Å². The van der Waals surface area contributed by atoms with Crippen molar-refractivity contribution < 1.29 is 4.42 Å². The Morgan fingerprint density at radius 1 is 1.40 bits per heavy atom. The van der Waals surface area contributed by atoms with Crippen LogP contribution in [-0.4, -0.2) is 9.97 Å². The second kappa shape index (κ2) is 1.80. The zero-order valence-corrected chi connectivity index (χ0v) is 5.53. The molecule has 0 aromatic carbocycles. The van der Waals surface area contributed by atoms with Crippen LogP contribution in [0.3, 0.4) is 0 Å². The summed E-state index contributed by atoms with van der Waals surface area (Å²) in [5.74, 6) is 0. The molecule has 0 atom stereocenters. The minimum Gasteiger partial charge on any atom is -0.443 e. The van der Waals surface area contributed by atoms with Crippen LogP contribution in [0.2, 0.25) is 0 Å². The van der Waals surface area contributed by atoms with E-state index in [1.807, 2.05) is 6.92 Å². The smallest absolute Gasteiger partial charge is 0.182 e. The lowest BCUT2D eigenvalue weighted by Crippen LogP contribution is -1.79. The molecular formula is C7H6N2O. The summed E-state index contributed by atoms with van der Waals surface area (Å²) < 4.78 is 5.05. The Bertz CT molecular complexity index is 353. The fourth-order valence-electron chi connectivity index (χ4n) is 0.923. The molecule has 0 N–H and O–H groups in total. The van der Waals surface area contributed by atoms with Gasteiger partial charge in [0, 0.05) is 12.3 Å². The van der Waals surface area contributed by atoms with E-state index in [-0.39, 0.29) is 0 Å². The van der Waals surface area contributed by atoms with Gasteiger partial charge in [0.2, 0.25) is 0 Å². The van der Waals surface area contributed by atoms with E-state index in [1.54, 1.807) is 12.3 Å². The summed E-state index contributed by atoms with van der Waals surface area (Å²) in [6.45, 7) is 1.91. The van der Waals surface area contributed by atoms with Gasteiger partial charge in [0.25, 0.3) is 0 Å². The third kappa shape index (κ3) is 0.603. The quantitative estimate of drug-likeness (QED) is 0.548. The molecule has 2 rings (SSSR count). The average Bonchev–Trinajstić information content (AvgIpc) is 2.36. The molecule has 10 heavy (non-hydrogen) atoms. The van der Waals surface area contributed by atoms with Gasteiger partial charge in [-0.05, 0) is 6.92 Å². The molecule has 3 nitrogen and oxygen atoms in total. The lowest BCUT2D eigenvalue weighted by Gasteiger charge is -1.88. The third-order valence-electron chi connectivity index (χ3n) is 1.43. The largest absolute Gasteiger partial charge is 0.443 e. The molecule has 0 amide bonds. The molecule has 0 saturated carbocycles. The Hall–Kier alpha value is -1.38. The molecule has 3 heteroatoms. The van der Waals surface area contributed by atoms with Gasteiger partial charge < -0.3 is 4.42 Å². The summed E-state index contributed by atoms with van der Waals surface area (Å²) in [6, 6.07) is 1.80. The van der Waals surface area contributed by atoms with Crippen LogP contribution >= 0.6 is 0 Å². The van der Waals surface area contributed by atoms with Crippen LogP contribution in [0.1, 0.15) is 5.69 Å². The standard InChI is InChI=1S/C7H6N2O/c1-5-7-6(2-3-8-5)10-4-9-7/h2-4H,1H3. The predicted molar refractivity (Wildman–Crippen MR) is 36.5 cm³/mol. The van der Waals surface area contributed by atoms with Gasteiger partial charge in [0.1, 0.15) is 5.52 Å². The average molecular weight is 134 g/mol. The molecule has 0 radical (unpaired) electrons. The second-order valence-corrected chi connectivity index (χ2v) is 2.10. The molecule has 0 aliphatic rings. The zero-order chi connectivity index (χ0) is 6.97. The predicted octanol–water partition coefficient (Wildman–Crippen LogP) is 1.53.